The van der Waals surface area contributed by atoms with Crippen LogP contribution in [0.25, 0.3) is 0 Å². The standard InChI is InChI=1S/C16H18ClNO2/c17-13-3-1-2-12(8-13)9-18(14-4-5-14)10-15-6-7-16(11-19)20-15/h1-3,6-8,14,19H,4-5,9-11H2. The summed E-state index contributed by atoms with van der Waals surface area (Å²) >= 11 is 6.04. The smallest absolute Gasteiger partial charge is 0.129 e. The molecule has 3 rings (SSSR count). The van der Waals surface area contributed by atoms with Crippen molar-refractivity contribution in [2.75, 3.05) is 0 Å². The molecule has 0 saturated heterocycles. The molecule has 0 spiro atoms. The first-order valence-electron chi connectivity index (χ1n) is 6.91. The predicted octanol–water partition coefficient (Wildman–Crippen LogP) is 3.59. The summed E-state index contributed by atoms with van der Waals surface area (Å²) in [6.07, 6.45) is 2.49. The fourth-order valence-corrected chi connectivity index (χ4v) is 2.63. The molecule has 0 radical (unpaired) electrons. The van der Waals surface area contributed by atoms with E-state index in [-0.39, 0.29) is 6.61 Å². The van der Waals surface area contributed by atoms with Gasteiger partial charge in [-0.15, -0.1) is 0 Å². The molecular formula is C16H18ClNO2. The second-order valence-electron chi connectivity index (χ2n) is 5.29. The highest BCUT2D eigenvalue weighted by molar-refractivity contribution is 6.30. The summed E-state index contributed by atoms with van der Waals surface area (Å²) in [7, 11) is 0. The number of nitrogens with zero attached hydrogens (tertiary/aromatic N) is 1. The topological polar surface area (TPSA) is 36.6 Å². The summed E-state index contributed by atoms with van der Waals surface area (Å²) in [5.74, 6) is 1.53. The number of halogens is 1. The van der Waals surface area contributed by atoms with Crippen molar-refractivity contribution in [2.45, 2.75) is 38.6 Å². The Kier molecular flexibility index (Phi) is 4.10. The quantitative estimate of drug-likeness (QED) is 0.883. The highest BCUT2D eigenvalue weighted by Crippen LogP contribution is 2.30. The number of hydrogen-bond donors (Lipinski definition) is 1. The lowest BCUT2D eigenvalue weighted by atomic mass is 10.2. The lowest BCUT2D eigenvalue weighted by molar-refractivity contribution is 0.208. The van der Waals surface area contributed by atoms with E-state index in [1.165, 1.54) is 18.4 Å². The Balaban J connectivity index is 1.69. The zero-order valence-corrected chi connectivity index (χ0v) is 12.0. The summed E-state index contributed by atoms with van der Waals surface area (Å²) in [5, 5.41) is 9.83. The third-order valence-electron chi connectivity index (χ3n) is 3.57. The van der Waals surface area contributed by atoms with Gasteiger partial charge in [-0.25, -0.2) is 0 Å². The normalized spacial score (nSPS) is 14.9. The van der Waals surface area contributed by atoms with E-state index in [9.17, 15) is 0 Å². The van der Waals surface area contributed by atoms with Crippen LogP contribution >= 0.6 is 11.6 Å². The molecule has 20 heavy (non-hydrogen) atoms. The van der Waals surface area contributed by atoms with Crippen LogP contribution in [0.3, 0.4) is 0 Å². The van der Waals surface area contributed by atoms with E-state index in [2.05, 4.69) is 11.0 Å². The molecule has 1 aromatic carbocycles. The number of aliphatic hydroxyl groups is 1. The van der Waals surface area contributed by atoms with E-state index < -0.39 is 0 Å². The molecule has 1 saturated carbocycles. The van der Waals surface area contributed by atoms with E-state index >= 15 is 0 Å². The lowest BCUT2D eigenvalue weighted by Gasteiger charge is -2.21. The van der Waals surface area contributed by atoms with Gasteiger partial charge in [0.2, 0.25) is 0 Å². The van der Waals surface area contributed by atoms with Crippen LogP contribution in [0.4, 0.5) is 0 Å². The van der Waals surface area contributed by atoms with Crippen LogP contribution in [0.1, 0.15) is 29.9 Å². The Labute approximate surface area is 123 Å². The summed E-state index contributed by atoms with van der Waals surface area (Å²) in [6, 6.07) is 12.4. The van der Waals surface area contributed by atoms with Gasteiger partial charge in [0.15, 0.2) is 0 Å². The summed E-state index contributed by atoms with van der Waals surface area (Å²) in [5.41, 5.74) is 1.22. The van der Waals surface area contributed by atoms with Crippen LogP contribution in [-0.2, 0) is 19.7 Å². The maximum absolute atomic E-state index is 9.05. The zero-order chi connectivity index (χ0) is 13.9. The van der Waals surface area contributed by atoms with Crippen molar-refractivity contribution in [1.82, 2.24) is 4.90 Å². The van der Waals surface area contributed by atoms with Gasteiger partial charge in [0.1, 0.15) is 18.1 Å². The SMILES string of the molecule is OCc1ccc(CN(Cc2cccc(Cl)c2)C2CC2)o1. The van der Waals surface area contributed by atoms with Crippen molar-refractivity contribution in [3.05, 3.63) is 58.5 Å². The number of aliphatic hydroxyl groups excluding tert-OH is 1. The molecule has 1 aliphatic rings. The molecule has 3 nitrogen and oxygen atoms in total. The second-order valence-corrected chi connectivity index (χ2v) is 5.73. The van der Waals surface area contributed by atoms with Crippen LogP contribution in [0.2, 0.25) is 5.02 Å². The minimum absolute atomic E-state index is 0.0439. The first-order chi connectivity index (χ1) is 9.74. The molecule has 1 aliphatic carbocycles. The average Bonchev–Trinajstić information content (AvgIpc) is 3.19. The molecule has 1 N–H and O–H groups in total. The fourth-order valence-electron chi connectivity index (χ4n) is 2.42. The zero-order valence-electron chi connectivity index (χ0n) is 11.3. The van der Waals surface area contributed by atoms with E-state index in [1.807, 2.05) is 30.3 Å². The Morgan fingerprint density at radius 2 is 1.95 bits per heavy atom. The molecule has 0 unspecified atom stereocenters. The van der Waals surface area contributed by atoms with E-state index in [4.69, 9.17) is 21.1 Å². The van der Waals surface area contributed by atoms with Crippen molar-refractivity contribution >= 4 is 11.6 Å². The third-order valence-corrected chi connectivity index (χ3v) is 3.81. The molecule has 1 heterocycles. The molecule has 106 valence electrons. The third kappa shape index (κ3) is 3.42. The Bertz CT molecular complexity index is 577. The highest BCUT2D eigenvalue weighted by atomic mass is 35.5. The molecule has 1 fully saturated rings. The molecule has 4 heteroatoms. The average molecular weight is 292 g/mol. The molecule has 2 aromatic rings. The number of rotatable bonds is 6. The molecule has 0 atom stereocenters. The monoisotopic (exact) mass is 291 g/mol. The van der Waals surface area contributed by atoms with Crippen molar-refractivity contribution in [2.24, 2.45) is 0 Å². The molecule has 0 amide bonds. The molecule has 0 aliphatic heterocycles. The van der Waals surface area contributed by atoms with Gasteiger partial charge < -0.3 is 9.52 Å². The van der Waals surface area contributed by atoms with Crippen LogP contribution in [0.5, 0.6) is 0 Å². The molecular weight excluding hydrogens is 274 g/mol. The summed E-state index contributed by atoms with van der Waals surface area (Å²) < 4.78 is 5.58. The van der Waals surface area contributed by atoms with Gasteiger partial charge in [0, 0.05) is 17.6 Å². The highest BCUT2D eigenvalue weighted by Gasteiger charge is 2.29. The van der Waals surface area contributed by atoms with Gasteiger partial charge in [0.25, 0.3) is 0 Å². The largest absolute Gasteiger partial charge is 0.462 e. The van der Waals surface area contributed by atoms with Gasteiger partial charge in [-0.1, -0.05) is 23.7 Å². The first-order valence-corrected chi connectivity index (χ1v) is 7.29. The molecule has 0 bridgehead atoms. The predicted molar refractivity (Wildman–Crippen MR) is 78.4 cm³/mol. The van der Waals surface area contributed by atoms with E-state index in [0.717, 1.165) is 23.9 Å². The van der Waals surface area contributed by atoms with Gasteiger partial charge in [-0.05, 0) is 42.7 Å². The van der Waals surface area contributed by atoms with Gasteiger partial charge in [-0.3, -0.25) is 4.90 Å². The first kappa shape index (κ1) is 13.7. The number of benzene rings is 1. The molecule has 1 aromatic heterocycles. The number of hydrogen-bond acceptors (Lipinski definition) is 3. The maximum Gasteiger partial charge on any atom is 0.129 e. The van der Waals surface area contributed by atoms with Gasteiger partial charge >= 0.3 is 0 Å². The summed E-state index contributed by atoms with van der Waals surface area (Å²) in [4.78, 5) is 2.41. The van der Waals surface area contributed by atoms with Crippen molar-refractivity contribution in [3.8, 4) is 0 Å². The Morgan fingerprint density at radius 1 is 1.15 bits per heavy atom. The lowest BCUT2D eigenvalue weighted by Crippen LogP contribution is -2.24. The van der Waals surface area contributed by atoms with Gasteiger partial charge in [-0.2, -0.15) is 0 Å². The van der Waals surface area contributed by atoms with Crippen molar-refractivity contribution < 1.29 is 9.52 Å². The van der Waals surface area contributed by atoms with Crippen LogP contribution in [0, 0.1) is 0 Å². The Morgan fingerprint density at radius 3 is 2.60 bits per heavy atom. The van der Waals surface area contributed by atoms with Crippen LogP contribution in [-0.4, -0.2) is 16.0 Å². The van der Waals surface area contributed by atoms with E-state index in [1.54, 1.807) is 0 Å². The number of furan rings is 1. The minimum Gasteiger partial charge on any atom is -0.462 e. The van der Waals surface area contributed by atoms with Crippen LogP contribution < -0.4 is 0 Å². The van der Waals surface area contributed by atoms with Crippen LogP contribution in [0.15, 0.2) is 40.8 Å². The second kappa shape index (κ2) is 6.00. The Hall–Kier alpha value is -1.29. The van der Waals surface area contributed by atoms with E-state index in [0.29, 0.717) is 11.8 Å². The maximum atomic E-state index is 9.05. The minimum atomic E-state index is -0.0439. The fraction of sp³-hybridized carbons (Fsp3) is 0.375. The van der Waals surface area contributed by atoms with Crippen molar-refractivity contribution in [3.63, 3.8) is 0 Å². The van der Waals surface area contributed by atoms with Gasteiger partial charge in [0.05, 0.1) is 6.54 Å². The van der Waals surface area contributed by atoms with Crippen molar-refractivity contribution in [1.29, 1.82) is 0 Å². The summed E-state index contributed by atoms with van der Waals surface area (Å²) in [6.45, 7) is 1.61.